The summed E-state index contributed by atoms with van der Waals surface area (Å²) >= 11 is 0. The van der Waals surface area contributed by atoms with Gasteiger partial charge in [0.1, 0.15) is 5.82 Å². The summed E-state index contributed by atoms with van der Waals surface area (Å²) < 4.78 is 12.6. The lowest BCUT2D eigenvalue weighted by atomic mass is 9.99. The van der Waals surface area contributed by atoms with Crippen molar-refractivity contribution in [1.29, 1.82) is 0 Å². The fourth-order valence-electron chi connectivity index (χ4n) is 1.67. The molecule has 0 saturated carbocycles. The second-order valence-corrected chi connectivity index (χ2v) is 3.24. The third-order valence-corrected chi connectivity index (χ3v) is 2.40. The second-order valence-electron chi connectivity index (χ2n) is 3.24. The molecule has 72 valence electrons. The number of rotatable bonds is 1. The van der Waals surface area contributed by atoms with Crippen LogP contribution in [-0.4, -0.2) is 13.1 Å². The molecule has 1 aromatic rings. The van der Waals surface area contributed by atoms with Gasteiger partial charge in [0.25, 0.3) is 0 Å². The Morgan fingerprint density at radius 3 is 2.46 bits per heavy atom. The predicted molar refractivity (Wildman–Crippen MR) is 53.9 cm³/mol. The molecule has 0 amide bonds. The Bertz CT molecular complexity index is 254. The maximum Gasteiger partial charge on any atom is 0.123 e. The van der Waals surface area contributed by atoms with Gasteiger partial charge in [-0.25, -0.2) is 4.39 Å². The second kappa shape index (κ2) is 4.58. The maximum atomic E-state index is 12.6. The van der Waals surface area contributed by atoms with Crippen molar-refractivity contribution in [3.63, 3.8) is 0 Å². The summed E-state index contributed by atoms with van der Waals surface area (Å²) in [6.45, 7) is 2.12. The van der Waals surface area contributed by atoms with Gasteiger partial charge in [-0.05, 0) is 36.6 Å². The molecular weight excluding hydrogens is 189 g/mol. The average molecular weight is 202 g/mol. The molecule has 1 aromatic carbocycles. The standard InChI is InChI=1S/C10H12FN.ClH/c11-10-3-1-8(2-4-10)9-5-6-12-7-9;/h1-4,9,12H,5-7H2;1H/t9-;/m1./s1. The smallest absolute Gasteiger partial charge is 0.123 e. The lowest BCUT2D eigenvalue weighted by molar-refractivity contribution is 0.625. The summed E-state index contributed by atoms with van der Waals surface area (Å²) in [5.74, 6) is 0.440. The van der Waals surface area contributed by atoms with Crippen LogP contribution in [0, 0.1) is 5.82 Å². The maximum absolute atomic E-state index is 12.6. The van der Waals surface area contributed by atoms with E-state index in [0.717, 1.165) is 13.1 Å². The number of halogens is 2. The molecule has 0 unspecified atom stereocenters. The molecule has 0 spiro atoms. The van der Waals surface area contributed by atoms with Crippen LogP contribution in [0.4, 0.5) is 4.39 Å². The molecule has 1 heterocycles. The first-order chi connectivity index (χ1) is 5.86. The molecule has 1 nitrogen and oxygen atoms in total. The molecule has 1 saturated heterocycles. The first-order valence-corrected chi connectivity index (χ1v) is 4.32. The van der Waals surface area contributed by atoms with Gasteiger partial charge in [0.15, 0.2) is 0 Å². The first-order valence-electron chi connectivity index (χ1n) is 4.32. The van der Waals surface area contributed by atoms with Crippen molar-refractivity contribution >= 4 is 12.4 Å². The zero-order chi connectivity index (χ0) is 8.39. The Balaban J connectivity index is 0.000000845. The quantitative estimate of drug-likeness (QED) is 0.736. The Kier molecular flexibility index (Phi) is 3.70. The van der Waals surface area contributed by atoms with Gasteiger partial charge in [-0.1, -0.05) is 12.1 Å². The number of nitrogens with one attached hydrogen (secondary N) is 1. The molecule has 0 aliphatic carbocycles. The molecule has 1 fully saturated rings. The minimum Gasteiger partial charge on any atom is -0.316 e. The van der Waals surface area contributed by atoms with Gasteiger partial charge in [-0.15, -0.1) is 12.4 Å². The molecular formula is C10H13ClFN. The van der Waals surface area contributed by atoms with Crippen molar-refractivity contribution < 1.29 is 4.39 Å². The van der Waals surface area contributed by atoms with Crippen LogP contribution in [-0.2, 0) is 0 Å². The zero-order valence-electron chi connectivity index (χ0n) is 7.29. The van der Waals surface area contributed by atoms with Crippen molar-refractivity contribution in [2.75, 3.05) is 13.1 Å². The molecule has 1 aliphatic heterocycles. The molecule has 1 atom stereocenters. The molecule has 0 aromatic heterocycles. The SMILES string of the molecule is Cl.Fc1ccc([C@@H]2CCNC2)cc1. The van der Waals surface area contributed by atoms with Gasteiger partial charge in [0, 0.05) is 6.54 Å². The van der Waals surface area contributed by atoms with Gasteiger partial charge >= 0.3 is 0 Å². The minimum atomic E-state index is -0.148. The molecule has 0 radical (unpaired) electrons. The van der Waals surface area contributed by atoms with E-state index in [1.165, 1.54) is 24.1 Å². The van der Waals surface area contributed by atoms with Crippen LogP contribution in [0.3, 0.4) is 0 Å². The number of benzene rings is 1. The third-order valence-electron chi connectivity index (χ3n) is 2.40. The van der Waals surface area contributed by atoms with Crippen LogP contribution in [0.25, 0.3) is 0 Å². The van der Waals surface area contributed by atoms with Gasteiger partial charge in [-0.3, -0.25) is 0 Å². The van der Waals surface area contributed by atoms with Crippen molar-refractivity contribution in [2.24, 2.45) is 0 Å². The van der Waals surface area contributed by atoms with Crippen LogP contribution in [0.5, 0.6) is 0 Å². The highest BCUT2D eigenvalue weighted by atomic mass is 35.5. The lowest BCUT2D eigenvalue weighted by Gasteiger charge is -2.07. The monoisotopic (exact) mass is 201 g/mol. The highest BCUT2D eigenvalue weighted by molar-refractivity contribution is 5.85. The highest BCUT2D eigenvalue weighted by Gasteiger charge is 2.15. The normalized spacial score (nSPS) is 21.2. The van der Waals surface area contributed by atoms with E-state index in [2.05, 4.69) is 5.32 Å². The Hall–Kier alpha value is -0.600. The Morgan fingerprint density at radius 2 is 1.92 bits per heavy atom. The first kappa shape index (κ1) is 10.5. The average Bonchev–Trinajstić information content (AvgIpc) is 2.58. The van der Waals surface area contributed by atoms with Crippen LogP contribution in [0.15, 0.2) is 24.3 Å². The van der Waals surface area contributed by atoms with E-state index in [1.54, 1.807) is 0 Å². The van der Waals surface area contributed by atoms with E-state index in [9.17, 15) is 4.39 Å². The lowest BCUT2D eigenvalue weighted by Crippen LogP contribution is -2.07. The predicted octanol–water partition coefficient (Wildman–Crippen LogP) is 2.32. The van der Waals surface area contributed by atoms with Crippen LogP contribution in [0.2, 0.25) is 0 Å². The summed E-state index contributed by atoms with van der Waals surface area (Å²) in [6, 6.07) is 6.83. The van der Waals surface area contributed by atoms with Crippen molar-refractivity contribution in [3.05, 3.63) is 35.6 Å². The molecule has 13 heavy (non-hydrogen) atoms. The van der Waals surface area contributed by atoms with E-state index in [-0.39, 0.29) is 18.2 Å². The van der Waals surface area contributed by atoms with Gasteiger partial charge in [-0.2, -0.15) is 0 Å². The fourth-order valence-corrected chi connectivity index (χ4v) is 1.67. The molecule has 2 rings (SSSR count). The van der Waals surface area contributed by atoms with Gasteiger partial charge in [0.2, 0.25) is 0 Å². The molecule has 1 aliphatic rings. The molecule has 1 N–H and O–H groups in total. The minimum absolute atomic E-state index is 0. The van der Waals surface area contributed by atoms with E-state index in [0.29, 0.717) is 5.92 Å². The molecule has 3 heteroatoms. The summed E-state index contributed by atoms with van der Waals surface area (Å²) in [6.07, 6.45) is 1.17. The van der Waals surface area contributed by atoms with Gasteiger partial charge in [0.05, 0.1) is 0 Å². The van der Waals surface area contributed by atoms with Crippen molar-refractivity contribution in [2.45, 2.75) is 12.3 Å². The topological polar surface area (TPSA) is 12.0 Å². The Morgan fingerprint density at radius 1 is 1.23 bits per heavy atom. The van der Waals surface area contributed by atoms with Crippen molar-refractivity contribution in [1.82, 2.24) is 5.32 Å². The van der Waals surface area contributed by atoms with Crippen LogP contribution < -0.4 is 5.32 Å². The van der Waals surface area contributed by atoms with E-state index >= 15 is 0 Å². The van der Waals surface area contributed by atoms with Crippen LogP contribution in [0.1, 0.15) is 17.9 Å². The number of hydrogen-bond donors (Lipinski definition) is 1. The highest BCUT2D eigenvalue weighted by Crippen LogP contribution is 2.21. The van der Waals surface area contributed by atoms with E-state index in [1.807, 2.05) is 12.1 Å². The van der Waals surface area contributed by atoms with E-state index in [4.69, 9.17) is 0 Å². The third kappa shape index (κ3) is 2.42. The van der Waals surface area contributed by atoms with Crippen LogP contribution >= 0.6 is 12.4 Å². The molecule has 0 bridgehead atoms. The van der Waals surface area contributed by atoms with Gasteiger partial charge < -0.3 is 5.32 Å². The zero-order valence-corrected chi connectivity index (χ0v) is 8.11. The summed E-state index contributed by atoms with van der Waals surface area (Å²) in [5, 5.41) is 3.29. The van der Waals surface area contributed by atoms with Crippen molar-refractivity contribution in [3.8, 4) is 0 Å². The summed E-state index contributed by atoms with van der Waals surface area (Å²) in [7, 11) is 0. The Labute approximate surface area is 83.8 Å². The largest absolute Gasteiger partial charge is 0.316 e. The fraction of sp³-hybridized carbons (Fsp3) is 0.400. The number of hydrogen-bond acceptors (Lipinski definition) is 1. The van der Waals surface area contributed by atoms with E-state index < -0.39 is 0 Å². The summed E-state index contributed by atoms with van der Waals surface area (Å²) in [5.41, 5.74) is 1.25. The summed E-state index contributed by atoms with van der Waals surface area (Å²) in [4.78, 5) is 0.